The molecule has 88 valence electrons. The second-order valence-corrected chi connectivity index (χ2v) is 5.60. The zero-order valence-electron chi connectivity index (χ0n) is 10.5. The van der Waals surface area contributed by atoms with Gasteiger partial charge >= 0.3 is 0 Å². The van der Waals surface area contributed by atoms with Crippen LogP contribution >= 0.6 is 11.6 Å². The molecule has 0 radical (unpaired) electrons. The van der Waals surface area contributed by atoms with Gasteiger partial charge in [-0.15, -0.1) is 11.6 Å². The van der Waals surface area contributed by atoms with Crippen molar-refractivity contribution in [3.63, 3.8) is 0 Å². The Balaban J connectivity index is 2.75. The van der Waals surface area contributed by atoms with E-state index >= 15 is 0 Å². The third-order valence-corrected chi connectivity index (χ3v) is 3.04. The van der Waals surface area contributed by atoms with Gasteiger partial charge in [-0.2, -0.15) is 0 Å². The van der Waals surface area contributed by atoms with Crippen LogP contribution in [0.3, 0.4) is 0 Å². The van der Waals surface area contributed by atoms with Gasteiger partial charge in [-0.1, -0.05) is 51.6 Å². The van der Waals surface area contributed by atoms with Crippen molar-refractivity contribution in [2.45, 2.75) is 39.0 Å². The number of alkyl halides is 1. The van der Waals surface area contributed by atoms with Crippen molar-refractivity contribution in [2.24, 2.45) is 0 Å². The van der Waals surface area contributed by atoms with E-state index in [4.69, 9.17) is 11.6 Å². The van der Waals surface area contributed by atoms with Crippen LogP contribution in [-0.4, -0.2) is 5.88 Å². The first-order valence-corrected chi connectivity index (χ1v) is 6.33. The summed E-state index contributed by atoms with van der Waals surface area (Å²) in [4.78, 5) is 0. The molecule has 0 aliphatic rings. The molecule has 0 fully saturated rings. The number of halogens is 1. The fourth-order valence-electron chi connectivity index (χ4n) is 1.63. The Morgan fingerprint density at radius 2 is 1.75 bits per heavy atom. The van der Waals surface area contributed by atoms with Gasteiger partial charge in [-0.25, -0.2) is 0 Å². The molecule has 0 amide bonds. The van der Waals surface area contributed by atoms with Crippen molar-refractivity contribution in [1.82, 2.24) is 0 Å². The first-order chi connectivity index (χ1) is 7.45. The molecule has 0 aromatic heterocycles. The van der Waals surface area contributed by atoms with Gasteiger partial charge in [0.25, 0.3) is 0 Å². The first-order valence-electron chi connectivity index (χ1n) is 5.80. The van der Waals surface area contributed by atoms with E-state index in [-0.39, 0.29) is 5.41 Å². The van der Waals surface area contributed by atoms with Crippen molar-refractivity contribution in [2.75, 3.05) is 5.88 Å². The smallest absolute Gasteiger partial charge is 0.0226 e. The van der Waals surface area contributed by atoms with Crippen LogP contribution in [0.25, 0.3) is 5.57 Å². The van der Waals surface area contributed by atoms with Crippen LogP contribution in [0.5, 0.6) is 0 Å². The van der Waals surface area contributed by atoms with E-state index < -0.39 is 0 Å². The molecule has 0 atom stereocenters. The van der Waals surface area contributed by atoms with Crippen LogP contribution in [0.1, 0.15) is 44.7 Å². The predicted molar refractivity (Wildman–Crippen MR) is 74.1 cm³/mol. The summed E-state index contributed by atoms with van der Waals surface area (Å²) in [7, 11) is 0. The standard InChI is InChI=1S/C15H21Cl/c1-12(6-5-11-16)13-7-9-14(10-8-13)15(2,3)4/h7-10H,1,5-6,11H2,2-4H3. The lowest BCUT2D eigenvalue weighted by molar-refractivity contribution is 0.590. The van der Waals surface area contributed by atoms with Crippen molar-refractivity contribution >= 4 is 17.2 Å². The average molecular weight is 237 g/mol. The van der Waals surface area contributed by atoms with E-state index in [1.165, 1.54) is 16.7 Å². The molecule has 0 saturated heterocycles. The lowest BCUT2D eigenvalue weighted by Gasteiger charge is -2.19. The summed E-state index contributed by atoms with van der Waals surface area (Å²) < 4.78 is 0. The highest BCUT2D eigenvalue weighted by atomic mass is 35.5. The van der Waals surface area contributed by atoms with Crippen molar-refractivity contribution in [3.8, 4) is 0 Å². The summed E-state index contributed by atoms with van der Waals surface area (Å²) in [6.45, 7) is 10.8. The molecular formula is C15H21Cl. The molecule has 1 rings (SSSR count). The second kappa shape index (κ2) is 5.54. The van der Waals surface area contributed by atoms with Crippen molar-refractivity contribution in [1.29, 1.82) is 0 Å². The third-order valence-electron chi connectivity index (χ3n) is 2.77. The maximum absolute atomic E-state index is 5.68. The highest BCUT2D eigenvalue weighted by molar-refractivity contribution is 6.17. The quantitative estimate of drug-likeness (QED) is 0.645. The summed E-state index contributed by atoms with van der Waals surface area (Å²) >= 11 is 5.68. The van der Waals surface area contributed by atoms with Gasteiger partial charge in [0.15, 0.2) is 0 Å². The van der Waals surface area contributed by atoms with Gasteiger partial charge in [-0.05, 0) is 35.0 Å². The maximum atomic E-state index is 5.68. The zero-order chi connectivity index (χ0) is 12.2. The van der Waals surface area contributed by atoms with Crippen LogP contribution in [0.2, 0.25) is 0 Å². The van der Waals surface area contributed by atoms with Crippen LogP contribution < -0.4 is 0 Å². The number of hydrogen-bond donors (Lipinski definition) is 0. The molecule has 0 unspecified atom stereocenters. The lowest BCUT2D eigenvalue weighted by Crippen LogP contribution is -2.10. The molecule has 1 aromatic carbocycles. The number of allylic oxidation sites excluding steroid dienone is 1. The SMILES string of the molecule is C=C(CCCCl)c1ccc(C(C)(C)C)cc1. The molecule has 1 aromatic rings. The maximum Gasteiger partial charge on any atom is 0.0226 e. The molecule has 0 saturated carbocycles. The van der Waals surface area contributed by atoms with Crippen LogP contribution in [0.15, 0.2) is 30.8 Å². The summed E-state index contributed by atoms with van der Waals surface area (Å²) in [5, 5.41) is 0. The zero-order valence-corrected chi connectivity index (χ0v) is 11.3. The molecule has 1 heteroatoms. The highest BCUT2D eigenvalue weighted by Crippen LogP contribution is 2.25. The summed E-state index contributed by atoms with van der Waals surface area (Å²) in [5.74, 6) is 0.707. The molecule has 0 bridgehead atoms. The number of benzene rings is 1. The lowest BCUT2D eigenvalue weighted by atomic mass is 9.86. The fourth-order valence-corrected chi connectivity index (χ4v) is 1.76. The van der Waals surface area contributed by atoms with E-state index in [9.17, 15) is 0 Å². The summed E-state index contributed by atoms with van der Waals surface area (Å²) in [6.07, 6.45) is 1.99. The van der Waals surface area contributed by atoms with Gasteiger partial charge in [-0.3, -0.25) is 0 Å². The Hall–Kier alpha value is -0.750. The predicted octanol–water partition coefficient (Wildman–Crippen LogP) is 5.02. The fraction of sp³-hybridized carbons (Fsp3) is 0.467. The van der Waals surface area contributed by atoms with Crippen LogP contribution in [0.4, 0.5) is 0 Å². The minimum atomic E-state index is 0.218. The van der Waals surface area contributed by atoms with E-state index in [1.54, 1.807) is 0 Å². The molecular weight excluding hydrogens is 216 g/mol. The molecule has 16 heavy (non-hydrogen) atoms. The van der Waals surface area contributed by atoms with E-state index in [2.05, 4.69) is 51.6 Å². The highest BCUT2D eigenvalue weighted by Gasteiger charge is 2.12. The van der Waals surface area contributed by atoms with Crippen LogP contribution in [-0.2, 0) is 5.41 Å². The molecule has 0 nitrogen and oxygen atoms in total. The van der Waals surface area contributed by atoms with Crippen molar-refractivity contribution in [3.05, 3.63) is 42.0 Å². The summed E-state index contributed by atoms with van der Waals surface area (Å²) in [5.41, 5.74) is 4.00. The Labute approximate surface area is 104 Å². The molecule has 0 N–H and O–H groups in total. The Morgan fingerprint density at radius 3 is 2.19 bits per heavy atom. The number of hydrogen-bond acceptors (Lipinski definition) is 0. The van der Waals surface area contributed by atoms with Gasteiger partial charge in [0.05, 0.1) is 0 Å². The normalized spacial score (nSPS) is 11.5. The minimum Gasteiger partial charge on any atom is -0.127 e. The van der Waals surface area contributed by atoms with Gasteiger partial charge in [0, 0.05) is 5.88 Å². The number of rotatable bonds is 4. The van der Waals surface area contributed by atoms with Gasteiger partial charge < -0.3 is 0 Å². The van der Waals surface area contributed by atoms with Crippen LogP contribution in [0, 0.1) is 0 Å². The first kappa shape index (κ1) is 13.3. The molecule has 0 aliphatic carbocycles. The molecule has 0 heterocycles. The largest absolute Gasteiger partial charge is 0.127 e. The monoisotopic (exact) mass is 236 g/mol. The Bertz CT molecular complexity index is 341. The van der Waals surface area contributed by atoms with E-state index in [0.29, 0.717) is 5.88 Å². The average Bonchev–Trinajstić information content (AvgIpc) is 2.25. The second-order valence-electron chi connectivity index (χ2n) is 5.22. The third kappa shape index (κ3) is 3.68. The van der Waals surface area contributed by atoms with Gasteiger partial charge in [0.2, 0.25) is 0 Å². The topological polar surface area (TPSA) is 0 Å². The molecule has 0 aliphatic heterocycles. The van der Waals surface area contributed by atoms with E-state index in [1.807, 2.05) is 0 Å². The van der Waals surface area contributed by atoms with E-state index in [0.717, 1.165) is 12.8 Å². The Kier molecular flexibility index (Phi) is 4.61. The minimum absolute atomic E-state index is 0.218. The van der Waals surface area contributed by atoms with Gasteiger partial charge in [0.1, 0.15) is 0 Å². The summed E-state index contributed by atoms with van der Waals surface area (Å²) in [6, 6.07) is 8.72. The Morgan fingerprint density at radius 1 is 1.19 bits per heavy atom. The van der Waals surface area contributed by atoms with Crippen molar-refractivity contribution < 1.29 is 0 Å². The molecule has 0 spiro atoms.